The van der Waals surface area contributed by atoms with Gasteiger partial charge in [-0.05, 0) is 194 Å². The Labute approximate surface area is 533 Å². The molecule has 6 aromatic rings. The van der Waals surface area contributed by atoms with Crippen molar-refractivity contribution in [2.75, 3.05) is 66.1 Å². The maximum Gasteiger partial charge on any atom is 0.231 e. The van der Waals surface area contributed by atoms with E-state index in [0.717, 1.165) is 159 Å². The van der Waals surface area contributed by atoms with Gasteiger partial charge in [-0.15, -0.1) is 0 Å². The van der Waals surface area contributed by atoms with Gasteiger partial charge < -0.3 is 24.3 Å². The second-order valence-corrected chi connectivity index (χ2v) is 24.3. The number of hydrogen-bond acceptors (Lipinski definition) is 13. The number of Topliss-reactive ketones (excluding diaryl/α,β-unsaturated/α-hetero) is 3. The number of rotatable bonds is 10. The SMILES string of the molecule is COC1=CCc2ccccc21.Cc1cc(CN2CCCCC2)c2c(c1)C(=O)/C(=C/C1=CCc3ccccc31)O2.Cc1cc(CN2CCCCC2)c2c(c1)C(=O)CO2.Cc1cc(CN2CCNCC2)c2c(c1)C(=O)/C(=C/C1=CCc3ccccc31)O2.N=NN=NCl. The maximum atomic E-state index is 13.1. The van der Waals surface area contributed by atoms with E-state index in [9.17, 15) is 14.4 Å². The Morgan fingerprint density at radius 2 is 0.956 bits per heavy atom. The number of hydrogen-bond donors (Lipinski definition) is 2. The van der Waals surface area contributed by atoms with E-state index in [2.05, 4.69) is 145 Å². The average molecular weight is 1230 g/mol. The molecule has 0 saturated carbocycles. The summed E-state index contributed by atoms with van der Waals surface area (Å²) in [6.45, 7) is 17.6. The fraction of sp³-hybridized carbons (Fsp3) is 0.338. The van der Waals surface area contributed by atoms with Gasteiger partial charge in [0, 0.05) is 68.1 Å². The Morgan fingerprint density at radius 3 is 1.41 bits per heavy atom. The highest BCUT2D eigenvalue weighted by Gasteiger charge is 2.34. The molecule has 0 unspecified atom stereocenters. The quantitative estimate of drug-likeness (QED) is 0.0760. The van der Waals surface area contributed by atoms with Crippen molar-refractivity contribution >= 4 is 46.0 Å². The van der Waals surface area contributed by atoms with E-state index in [4.69, 9.17) is 24.5 Å². The summed E-state index contributed by atoms with van der Waals surface area (Å²) in [6.07, 6.45) is 20.9. The molecule has 2 N–H and O–H groups in total. The Bertz CT molecular complexity index is 3720. The van der Waals surface area contributed by atoms with Gasteiger partial charge in [0.1, 0.15) is 23.0 Å². The summed E-state index contributed by atoms with van der Waals surface area (Å²) >= 11 is 4.55. The smallest absolute Gasteiger partial charge is 0.231 e. The fourth-order valence-electron chi connectivity index (χ4n) is 13.3. The molecule has 15 nitrogen and oxygen atoms in total. The van der Waals surface area contributed by atoms with Crippen molar-refractivity contribution in [1.29, 1.82) is 5.53 Å². The van der Waals surface area contributed by atoms with Gasteiger partial charge >= 0.3 is 0 Å². The van der Waals surface area contributed by atoms with Crippen LogP contribution in [-0.4, -0.2) is 98.1 Å². The molecule has 0 bridgehead atoms. The number of fused-ring (bicyclic) bond motifs is 6. The van der Waals surface area contributed by atoms with E-state index in [0.29, 0.717) is 22.6 Å². The zero-order valence-corrected chi connectivity index (χ0v) is 52.8. The summed E-state index contributed by atoms with van der Waals surface area (Å²) in [5.41, 5.74) is 24.6. The van der Waals surface area contributed by atoms with Crippen LogP contribution in [0.5, 0.6) is 17.2 Å². The van der Waals surface area contributed by atoms with Crippen molar-refractivity contribution in [1.82, 2.24) is 20.0 Å². The molecule has 15 rings (SSSR count). The molecule has 6 heterocycles. The second-order valence-electron chi connectivity index (χ2n) is 24.1. The number of ketones is 3. The number of piperazine rings is 1. The fourth-order valence-corrected chi connectivity index (χ4v) is 13.3. The summed E-state index contributed by atoms with van der Waals surface area (Å²) in [7, 11) is 1.72. The Hall–Kier alpha value is -8.44. The van der Waals surface area contributed by atoms with Crippen molar-refractivity contribution in [3.05, 3.63) is 235 Å². The molecular formula is C74H79ClN8O7. The highest BCUT2D eigenvalue weighted by molar-refractivity contribution is 6.15. The van der Waals surface area contributed by atoms with Gasteiger partial charge in [0.05, 0.1) is 35.6 Å². The number of methoxy groups -OCH3 is 1. The van der Waals surface area contributed by atoms with Crippen LogP contribution < -0.4 is 19.5 Å². The van der Waals surface area contributed by atoms with Crippen LogP contribution in [0.1, 0.15) is 136 Å². The summed E-state index contributed by atoms with van der Waals surface area (Å²) in [6, 6.07) is 37.4. The minimum absolute atomic E-state index is 0.00359. The predicted octanol–water partition coefficient (Wildman–Crippen LogP) is 14.9. The van der Waals surface area contributed by atoms with Crippen molar-refractivity contribution in [3.8, 4) is 17.2 Å². The molecule has 0 aromatic heterocycles. The van der Waals surface area contributed by atoms with E-state index in [1.165, 1.54) is 77.5 Å². The minimum atomic E-state index is -0.00876. The molecule has 90 heavy (non-hydrogen) atoms. The van der Waals surface area contributed by atoms with Crippen LogP contribution in [0.4, 0.5) is 0 Å². The number of likely N-dealkylation sites (tertiary alicyclic amines) is 2. The summed E-state index contributed by atoms with van der Waals surface area (Å²) in [5.74, 6) is 4.35. The van der Waals surface area contributed by atoms with Gasteiger partial charge in [0.15, 0.2) is 18.1 Å². The number of piperidine rings is 2. The molecule has 0 amide bonds. The lowest BCUT2D eigenvalue weighted by atomic mass is 10.0. The maximum absolute atomic E-state index is 13.1. The molecule has 0 atom stereocenters. The first-order valence-corrected chi connectivity index (χ1v) is 31.9. The molecular weight excluding hydrogens is 1150 g/mol. The first-order valence-electron chi connectivity index (χ1n) is 31.5. The monoisotopic (exact) mass is 1230 g/mol. The van der Waals surface area contributed by atoms with Crippen LogP contribution in [-0.2, 0) is 43.6 Å². The van der Waals surface area contributed by atoms with E-state index >= 15 is 0 Å². The van der Waals surface area contributed by atoms with Gasteiger partial charge in [0.25, 0.3) is 0 Å². The lowest BCUT2D eigenvalue weighted by Crippen LogP contribution is -2.42. The third-order valence-corrected chi connectivity index (χ3v) is 17.7. The van der Waals surface area contributed by atoms with E-state index in [1.54, 1.807) is 7.11 Å². The molecule has 3 aliphatic carbocycles. The molecule has 6 aliphatic heterocycles. The number of ether oxygens (including phenoxy) is 4. The average Bonchev–Trinajstić information content (AvgIpc) is 1.68. The van der Waals surface area contributed by atoms with Gasteiger partial charge in [-0.2, -0.15) is 5.53 Å². The third-order valence-electron chi connectivity index (χ3n) is 17.6. The normalized spacial score (nSPS) is 18.7. The summed E-state index contributed by atoms with van der Waals surface area (Å²) < 4.78 is 25.7. The number of aryl methyl sites for hydroxylation is 3. The largest absolute Gasteiger partial charge is 0.496 e. The highest BCUT2D eigenvalue weighted by atomic mass is 35.5. The molecule has 6 aromatic carbocycles. The van der Waals surface area contributed by atoms with Crippen molar-refractivity contribution in [2.45, 2.75) is 98.2 Å². The topological polar surface area (TPSA) is 171 Å². The standard InChI is InChI=1S/C25H25NO2.C24H24N2O2.C15H19NO2.C10H10O.ClHN4/c1-17-13-20(16-26-11-5-2-6-12-26)25-22(14-17)24(27)23(28-25)15-19-10-9-18-7-3-4-8-21(18)19;1-16-12-19(15-26-10-8-25-9-11-26)24-21(13-16)23(27)22(28-24)14-18-7-6-17-4-2-3-5-20(17)18;1-11-7-12(9-16-5-3-2-4-6-16)15-13(8-11)14(17)10-18-15;1-11-10-7-6-8-4-2-3-5-9(8)10;1-3-5-4-2/h3-4,7-8,10,13-15H,2,5-6,9,11-12,16H2,1H3;2-5,7,12-14,25H,6,8-11,15H2,1H3;7-8H,2-6,9-10H2,1H3;2-5,7H,6H2,1H3;2H/b23-15-;22-14-;;;. The minimum Gasteiger partial charge on any atom is -0.496 e. The lowest BCUT2D eigenvalue weighted by Gasteiger charge is -2.27. The van der Waals surface area contributed by atoms with Gasteiger partial charge in [-0.1, -0.05) is 121 Å². The van der Waals surface area contributed by atoms with Crippen molar-refractivity contribution in [2.24, 2.45) is 15.1 Å². The molecule has 16 heteroatoms. The summed E-state index contributed by atoms with van der Waals surface area (Å²) in [5, 5.41) is 8.47. The van der Waals surface area contributed by atoms with Crippen LogP contribution >= 0.6 is 11.8 Å². The zero-order chi connectivity index (χ0) is 62.5. The van der Waals surface area contributed by atoms with Crippen molar-refractivity contribution in [3.63, 3.8) is 0 Å². The van der Waals surface area contributed by atoms with E-state index in [-0.39, 0.29) is 24.0 Å². The number of benzene rings is 6. The zero-order valence-electron chi connectivity index (χ0n) is 52.0. The van der Waals surface area contributed by atoms with Crippen LogP contribution in [0.15, 0.2) is 166 Å². The Kier molecular flexibility index (Phi) is 21.0. The van der Waals surface area contributed by atoms with Crippen LogP contribution in [0.3, 0.4) is 0 Å². The second kappa shape index (κ2) is 29.9. The summed E-state index contributed by atoms with van der Waals surface area (Å²) in [4.78, 5) is 45.2. The predicted molar refractivity (Wildman–Crippen MR) is 353 cm³/mol. The van der Waals surface area contributed by atoms with Crippen LogP contribution in [0.2, 0.25) is 0 Å². The molecule has 464 valence electrons. The molecule has 9 aliphatic rings. The molecule has 3 saturated heterocycles. The Balaban J connectivity index is 0.000000126. The lowest BCUT2D eigenvalue weighted by molar-refractivity contribution is 0.0959. The number of nitrogens with one attached hydrogen (secondary N) is 2. The van der Waals surface area contributed by atoms with E-state index in [1.807, 2.05) is 62.4 Å². The number of nitrogens with zero attached hydrogens (tertiary/aromatic N) is 6. The Morgan fingerprint density at radius 1 is 0.533 bits per heavy atom. The first-order chi connectivity index (χ1) is 43.9. The molecule has 0 radical (unpaired) electrons. The van der Waals surface area contributed by atoms with Crippen LogP contribution in [0.25, 0.3) is 16.9 Å². The number of allylic oxidation sites excluding steroid dienone is 9. The van der Waals surface area contributed by atoms with E-state index < -0.39 is 0 Å². The highest BCUT2D eigenvalue weighted by Crippen LogP contribution is 2.41. The van der Waals surface area contributed by atoms with Crippen molar-refractivity contribution < 1.29 is 33.3 Å². The molecule has 3 fully saturated rings. The van der Waals surface area contributed by atoms with Gasteiger partial charge in [-0.25, -0.2) is 0 Å². The number of carbonyl (C=O) groups excluding carboxylic acids is 3. The molecule has 0 spiro atoms. The third kappa shape index (κ3) is 15.1. The number of halogens is 1. The van der Waals surface area contributed by atoms with Gasteiger partial charge in [-0.3, -0.25) is 29.1 Å². The van der Waals surface area contributed by atoms with Gasteiger partial charge in [0.2, 0.25) is 17.3 Å². The van der Waals surface area contributed by atoms with Crippen LogP contribution in [0, 0.1) is 26.3 Å². The first kappa shape index (κ1) is 63.1. The number of carbonyl (C=O) groups is 3.